The molecule has 0 aromatic carbocycles. The van der Waals surface area contributed by atoms with Gasteiger partial charge in [0.05, 0.1) is 6.61 Å². The Hall–Kier alpha value is -0.160. The molecule has 1 aliphatic heterocycles. The summed E-state index contributed by atoms with van der Waals surface area (Å²) in [4.78, 5) is 4.67. The molecule has 0 spiro atoms. The summed E-state index contributed by atoms with van der Waals surface area (Å²) >= 11 is 0. The van der Waals surface area contributed by atoms with E-state index in [-0.39, 0.29) is 24.1 Å². The smallest absolute Gasteiger partial charge is 0.0602 e. The third kappa shape index (κ3) is 3.92. The number of nitrogens with zero attached hydrogens (tertiary/aromatic N) is 2. The molecule has 0 amide bonds. The van der Waals surface area contributed by atoms with Gasteiger partial charge in [0.25, 0.3) is 0 Å². The van der Waals surface area contributed by atoms with Crippen LogP contribution in [0.2, 0.25) is 0 Å². The predicted octanol–water partition coefficient (Wildman–Crippen LogP) is 0.747. The average Bonchev–Trinajstić information content (AvgIpc) is 2.29. The van der Waals surface area contributed by atoms with Crippen molar-refractivity contribution in [1.82, 2.24) is 9.80 Å². The second-order valence-electron chi connectivity index (χ2n) is 6.84. The van der Waals surface area contributed by atoms with Gasteiger partial charge in [0, 0.05) is 18.1 Å². The maximum Gasteiger partial charge on any atom is 0.0602 e. The number of likely N-dealkylation sites (N-methyl/N-ethyl adjacent to an activating group) is 1. The molecule has 1 rings (SSSR count). The zero-order chi connectivity index (χ0) is 13.9. The first kappa shape index (κ1) is 15.9. The van der Waals surface area contributed by atoms with E-state index in [1.807, 2.05) is 0 Å². The monoisotopic (exact) mass is 257 g/mol. The third-order valence-corrected chi connectivity index (χ3v) is 4.39. The summed E-state index contributed by atoms with van der Waals surface area (Å²) in [6, 6.07) is 0.595. The van der Waals surface area contributed by atoms with Gasteiger partial charge in [-0.15, -0.1) is 0 Å². The van der Waals surface area contributed by atoms with Crippen molar-refractivity contribution < 1.29 is 5.11 Å². The van der Waals surface area contributed by atoms with E-state index in [4.69, 9.17) is 5.73 Å². The number of likely N-dealkylation sites (tertiary alicyclic amines) is 1. The van der Waals surface area contributed by atoms with E-state index in [0.29, 0.717) is 6.04 Å². The normalized spacial score (nSPS) is 23.3. The van der Waals surface area contributed by atoms with Crippen LogP contribution in [0, 0.1) is 5.41 Å². The van der Waals surface area contributed by atoms with Crippen molar-refractivity contribution in [1.29, 1.82) is 0 Å². The van der Waals surface area contributed by atoms with E-state index in [1.54, 1.807) is 0 Å². The Labute approximate surface area is 112 Å². The van der Waals surface area contributed by atoms with E-state index >= 15 is 0 Å². The fraction of sp³-hybridized carbons (Fsp3) is 1.00. The molecule has 108 valence electrons. The minimum atomic E-state index is -0.00726. The summed E-state index contributed by atoms with van der Waals surface area (Å²) in [6.45, 7) is 8.84. The number of nitrogens with two attached hydrogens (primary N) is 1. The molecule has 2 atom stereocenters. The molecule has 0 aromatic rings. The van der Waals surface area contributed by atoms with Gasteiger partial charge in [-0.3, -0.25) is 4.90 Å². The van der Waals surface area contributed by atoms with Crippen LogP contribution in [0.15, 0.2) is 0 Å². The average molecular weight is 257 g/mol. The highest BCUT2D eigenvalue weighted by Crippen LogP contribution is 2.25. The number of hydrogen-bond acceptors (Lipinski definition) is 4. The fourth-order valence-corrected chi connectivity index (χ4v) is 2.75. The van der Waals surface area contributed by atoms with Crippen molar-refractivity contribution in [2.45, 2.75) is 51.7 Å². The molecule has 4 nitrogen and oxygen atoms in total. The van der Waals surface area contributed by atoms with Gasteiger partial charge in [-0.25, -0.2) is 0 Å². The Kier molecular flexibility index (Phi) is 5.59. The molecule has 3 N–H and O–H groups in total. The summed E-state index contributed by atoms with van der Waals surface area (Å²) in [5.74, 6) is 0. The molecule has 0 radical (unpaired) electrons. The molecule has 0 aliphatic carbocycles. The number of aliphatic hydroxyl groups is 1. The van der Waals surface area contributed by atoms with E-state index in [2.05, 4.69) is 44.7 Å². The molecule has 0 aromatic heterocycles. The van der Waals surface area contributed by atoms with Crippen LogP contribution in [-0.2, 0) is 0 Å². The summed E-state index contributed by atoms with van der Waals surface area (Å²) < 4.78 is 0. The minimum absolute atomic E-state index is 0.00726. The SMILES string of the molecule is CN1CCC(N(C)C(CO)C(N)C(C)(C)C)CC1. The zero-order valence-corrected chi connectivity index (χ0v) is 12.7. The first-order chi connectivity index (χ1) is 8.27. The largest absolute Gasteiger partial charge is 0.395 e. The van der Waals surface area contributed by atoms with Gasteiger partial charge in [0.1, 0.15) is 0 Å². The summed E-state index contributed by atoms with van der Waals surface area (Å²) in [5.41, 5.74) is 6.35. The Morgan fingerprint density at radius 3 is 2.22 bits per heavy atom. The van der Waals surface area contributed by atoms with Crippen LogP contribution in [0.25, 0.3) is 0 Å². The predicted molar refractivity (Wildman–Crippen MR) is 76.6 cm³/mol. The van der Waals surface area contributed by atoms with Gasteiger partial charge in [0.2, 0.25) is 0 Å². The molecule has 1 heterocycles. The topological polar surface area (TPSA) is 52.7 Å². The third-order valence-electron chi connectivity index (χ3n) is 4.39. The maximum atomic E-state index is 9.68. The van der Waals surface area contributed by atoms with Gasteiger partial charge in [-0.2, -0.15) is 0 Å². The Balaban J connectivity index is 2.64. The van der Waals surface area contributed by atoms with Crippen molar-refractivity contribution in [2.75, 3.05) is 33.8 Å². The van der Waals surface area contributed by atoms with Gasteiger partial charge >= 0.3 is 0 Å². The van der Waals surface area contributed by atoms with Gasteiger partial charge < -0.3 is 15.7 Å². The van der Waals surface area contributed by atoms with Crippen LogP contribution >= 0.6 is 0 Å². The highest BCUT2D eigenvalue weighted by atomic mass is 16.3. The fourth-order valence-electron chi connectivity index (χ4n) is 2.75. The lowest BCUT2D eigenvalue weighted by Crippen LogP contribution is -2.58. The molecule has 0 saturated carbocycles. The van der Waals surface area contributed by atoms with Crippen LogP contribution in [0.4, 0.5) is 0 Å². The molecule has 1 fully saturated rings. The second-order valence-corrected chi connectivity index (χ2v) is 6.84. The first-order valence-corrected chi connectivity index (χ1v) is 7.04. The quantitative estimate of drug-likeness (QED) is 0.780. The van der Waals surface area contributed by atoms with Gasteiger partial charge in [0.15, 0.2) is 0 Å². The minimum Gasteiger partial charge on any atom is -0.395 e. The Morgan fingerprint density at radius 2 is 1.83 bits per heavy atom. The van der Waals surface area contributed by atoms with Crippen molar-refractivity contribution in [3.8, 4) is 0 Å². The lowest BCUT2D eigenvalue weighted by Gasteiger charge is -2.44. The lowest BCUT2D eigenvalue weighted by atomic mass is 9.82. The molecule has 18 heavy (non-hydrogen) atoms. The van der Waals surface area contributed by atoms with Crippen LogP contribution in [0.5, 0.6) is 0 Å². The van der Waals surface area contributed by atoms with Crippen molar-refractivity contribution in [3.05, 3.63) is 0 Å². The summed E-state index contributed by atoms with van der Waals surface area (Å²) in [5, 5.41) is 9.68. The Morgan fingerprint density at radius 1 is 1.33 bits per heavy atom. The highest BCUT2D eigenvalue weighted by molar-refractivity contribution is 4.92. The van der Waals surface area contributed by atoms with Crippen LogP contribution in [0.1, 0.15) is 33.6 Å². The molecular weight excluding hydrogens is 226 g/mol. The van der Waals surface area contributed by atoms with E-state index in [9.17, 15) is 5.11 Å². The van der Waals surface area contributed by atoms with E-state index in [1.165, 1.54) is 12.8 Å². The molecule has 2 unspecified atom stereocenters. The summed E-state index contributed by atoms with van der Waals surface area (Å²) in [7, 11) is 4.28. The van der Waals surface area contributed by atoms with Crippen molar-refractivity contribution >= 4 is 0 Å². The lowest BCUT2D eigenvalue weighted by molar-refractivity contribution is 0.0382. The molecule has 0 bridgehead atoms. The van der Waals surface area contributed by atoms with Crippen LogP contribution < -0.4 is 5.73 Å². The Bertz CT molecular complexity index is 244. The van der Waals surface area contributed by atoms with E-state index < -0.39 is 0 Å². The van der Waals surface area contributed by atoms with Gasteiger partial charge in [-0.05, 0) is 45.4 Å². The maximum absolute atomic E-state index is 9.68. The molecule has 4 heteroatoms. The molecule has 1 saturated heterocycles. The van der Waals surface area contributed by atoms with Crippen LogP contribution in [0.3, 0.4) is 0 Å². The number of hydrogen-bond donors (Lipinski definition) is 2. The molecular formula is C14H31N3O. The van der Waals surface area contributed by atoms with Crippen LogP contribution in [-0.4, -0.2) is 66.8 Å². The summed E-state index contributed by atoms with van der Waals surface area (Å²) in [6.07, 6.45) is 2.33. The molecule has 1 aliphatic rings. The van der Waals surface area contributed by atoms with Gasteiger partial charge in [-0.1, -0.05) is 20.8 Å². The zero-order valence-electron chi connectivity index (χ0n) is 12.7. The number of piperidine rings is 1. The first-order valence-electron chi connectivity index (χ1n) is 7.04. The standard InChI is InChI=1S/C14H31N3O/c1-14(2,3)13(15)12(10-18)17(5)11-6-8-16(4)9-7-11/h11-13,18H,6-10,15H2,1-5H3. The van der Waals surface area contributed by atoms with E-state index in [0.717, 1.165) is 13.1 Å². The number of rotatable bonds is 4. The van der Waals surface area contributed by atoms with Crippen molar-refractivity contribution in [2.24, 2.45) is 11.1 Å². The van der Waals surface area contributed by atoms with Crippen molar-refractivity contribution in [3.63, 3.8) is 0 Å². The second kappa shape index (κ2) is 6.33. The highest BCUT2D eigenvalue weighted by Gasteiger charge is 2.34. The number of aliphatic hydroxyl groups excluding tert-OH is 1.